The van der Waals surface area contributed by atoms with Crippen molar-refractivity contribution in [3.63, 3.8) is 0 Å². The number of rotatable bonds is 6. The van der Waals surface area contributed by atoms with E-state index >= 15 is 0 Å². The van der Waals surface area contributed by atoms with Gasteiger partial charge in [-0.2, -0.15) is 0 Å². The normalized spacial score (nSPS) is 24.2. The number of benzene rings is 1. The number of piperidine rings is 1. The number of guanidine groups is 1. The van der Waals surface area contributed by atoms with Crippen LogP contribution in [0.15, 0.2) is 35.3 Å². The fourth-order valence-corrected chi connectivity index (χ4v) is 4.40. The largest absolute Gasteiger partial charge is 0.370 e. The highest BCUT2D eigenvalue weighted by molar-refractivity contribution is 5.80. The summed E-state index contributed by atoms with van der Waals surface area (Å²) in [5.74, 6) is 1.10. The Hall–Kier alpha value is -2.08. The number of hydrogen-bond donors (Lipinski definition) is 2. The van der Waals surface area contributed by atoms with E-state index in [1.54, 1.807) is 0 Å². The number of aliphatic imine (C=N–C) groups is 1. The molecule has 0 radical (unpaired) electrons. The van der Waals surface area contributed by atoms with Crippen LogP contribution in [0.2, 0.25) is 0 Å². The molecule has 0 spiro atoms. The summed E-state index contributed by atoms with van der Waals surface area (Å²) in [7, 11) is 1.84. The van der Waals surface area contributed by atoms with Crippen molar-refractivity contribution in [1.82, 2.24) is 15.1 Å². The molecule has 27 heavy (non-hydrogen) atoms. The lowest BCUT2D eigenvalue weighted by Gasteiger charge is -2.35. The first kappa shape index (κ1) is 19.7. The predicted molar refractivity (Wildman–Crippen MR) is 109 cm³/mol. The molecule has 0 bridgehead atoms. The van der Waals surface area contributed by atoms with Gasteiger partial charge in [0.05, 0.1) is 0 Å². The second-order valence-electron chi connectivity index (χ2n) is 7.80. The number of amides is 1. The maximum Gasteiger partial charge on any atom is 0.217 e. The number of hydrogen-bond acceptors (Lipinski definition) is 3. The number of carbonyl (C=O) groups is 1. The predicted octanol–water partition coefficient (Wildman–Crippen LogP) is 1.81. The summed E-state index contributed by atoms with van der Waals surface area (Å²) in [5.41, 5.74) is 6.76. The van der Waals surface area contributed by atoms with Crippen molar-refractivity contribution in [2.24, 2.45) is 16.6 Å². The first-order valence-corrected chi connectivity index (χ1v) is 10.2. The summed E-state index contributed by atoms with van der Waals surface area (Å²) >= 11 is 0. The maximum atomic E-state index is 11.3. The molecule has 0 saturated carbocycles. The van der Waals surface area contributed by atoms with Gasteiger partial charge in [-0.15, -0.1) is 0 Å². The zero-order chi connectivity index (χ0) is 19.1. The molecular formula is C21H33N5O. The molecule has 3 rings (SSSR count). The van der Waals surface area contributed by atoms with Crippen molar-refractivity contribution in [3.8, 4) is 0 Å². The topological polar surface area (TPSA) is 74.0 Å². The standard InChI is InChI=1S/C21H33N5O/c1-23-21(26-12-5-9-18(16-26)13-20(22)27)24-14-19-10-6-11-25(19)15-17-7-3-2-4-8-17/h2-4,7-8,18-19H,5-6,9-16H2,1H3,(H2,22,27)(H,23,24). The smallest absolute Gasteiger partial charge is 0.217 e. The van der Waals surface area contributed by atoms with E-state index in [1.165, 1.54) is 18.4 Å². The minimum Gasteiger partial charge on any atom is -0.370 e. The fraction of sp³-hybridized carbons (Fsp3) is 0.619. The van der Waals surface area contributed by atoms with E-state index < -0.39 is 0 Å². The average molecular weight is 372 g/mol. The zero-order valence-corrected chi connectivity index (χ0v) is 16.4. The van der Waals surface area contributed by atoms with Gasteiger partial charge in [-0.3, -0.25) is 14.7 Å². The van der Waals surface area contributed by atoms with Gasteiger partial charge in [0.2, 0.25) is 5.91 Å². The van der Waals surface area contributed by atoms with E-state index in [4.69, 9.17) is 5.73 Å². The Labute approximate surface area is 162 Å². The first-order valence-electron chi connectivity index (χ1n) is 10.2. The molecule has 2 aliphatic heterocycles. The van der Waals surface area contributed by atoms with Gasteiger partial charge < -0.3 is 16.0 Å². The van der Waals surface area contributed by atoms with Crippen LogP contribution < -0.4 is 11.1 Å². The van der Waals surface area contributed by atoms with E-state index in [2.05, 4.69) is 50.4 Å². The molecule has 2 fully saturated rings. The number of nitrogens with two attached hydrogens (primary N) is 1. The number of carbonyl (C=O) groups excluding carboxylic acids is 1. The Balaban J connectivity index is 1.51. The van der Waals surface area contributed by atoms with Crippen molar-refractivity contribution in [2.75, 3.05) is 33.2 Å². The highest BCUT2D eigenvalue weighted by atomic mass is 16.1. The van der Waals surface area contributed by atoms with E-state index in [1.807, 2.05) is 7.05 Å². The molecule has 2 heterocycles. The van der Waals surface area contributed by atoms with Crippen LogP contribution in [0.3, 0.4) is 0 Å². The molecular weight excluding hydrogens is 338 g/mol. The molecule has 1 aromatic rings. The molecule has 2 saturated heterocycles. The van der Waals surface area contributed by atoms with Gasteiger partial charge in [0.15, 0.2) is 5.96 Å². The Morgan fingerprint density at radius 3 is 2.74 bits per heavy atom. The van der Waals surface area contributed by atoms with Crippen molar-refractivity contribution in [2.45, 2.75) is 44.7 Å². The third-order valence-corrected chi connectivity index (χ3v) is 5.74. The monoisotopic (exact) mass is 371 g/mol. The second-order valence-corrected chi connectivity index (χ2v) is 7.80. The van der Waals surface area contributed by atoms with E-state index in [0.717, 1.165) is 51.5 Å². The number of nitrogens with zero attached hydrogens (tertiary/aromatic N) is 3. The molecule has 0 aromatic heterocycles. The Kier molecular flexibility index (Phi) is 7.10. The average Bonchev–Trinajstić information content (AvgIpc) is 3.10. The van der Waals surface area contributed by atoms with Crippen LogP contribution in [0, 0.1) is 5.92 Å². The number of primary amides is 1. The lowest BCUT2D eigenvalue weighted by atomic mass is 9.95. The molecule has 6 heteroatoms. The van der Waals surface area contributed by atoms with E-state index in [9.17, 15) is 4.79 Å². The lowest BCUT2D eigenvalue weighted by molar-refractivity contribution is -0.119. The van der Waals surface area contributed by atoms with Crippen LogP contribution in [0.4, 0.5) is 0 Å². The lowest BCUT2D eigenvalue weighted by Crippen LogP contribution is -2.50. The van der Waals surface area contributed by atoms with Crippen molar-refractivity contribution >= 4 is 11.9 Å². The van der Waals surface area contributed by atoms with Gasteiger partial charge in [-0.1, -0.05) is 30.3 Å². The van der Waals surface area contributed by atoms with Crippen LogP contribution in [-0.2, 0) is 11.3 Å². The van der Waals surface area contributed by atoms with Crippen molar-refractivity contribution < 1.29 is 4.79 Å². The van der Waals surface area contributed by atoms with Crippen molar-refractivity contribution in [3.05, 3.63) is 35.9 Å². The fourth-order valence-electron chi connectivity index (χ4n) is 4.40. The summed E-state index contributed by atoms with van der Waals surface area (Å²) in [5, 5.41) is 3.59. The van der Waals surface area contributed by atoms with Crippen LogP contribution in [0.5, 0.6) is 0 Å². The third-order valence-electron chi connectivity index (χ3n) is 5.74. The minimum absolute atomic E-state index is 0.202. The highest BCUT2D eigenvalue weighted by Crippen LogP contribution is 2.21. The first-order chi connectivity index (χ1) is 13.2. The van der Waals surface area contributed by atoms with Gasteiger partial charge in [0.1, 0.15) is 0 Å². The van der Waals surface area contributed by atoms with Gasteiger partial charge in [-0.25, -0.2) is 0 Å². The summed E-state index contributed by atoms with van der Waals surface area (Å²) in [6, 6.07) is 11.2. The summed E-state index contributed by atoms with van der Waals surface area (Å²) in [6.45, 7) is 4.94. The number of nitrogens with one attached hydrogen (secondary N) is 1. The molecule has 0 aliphatic carbocycles. The van der Waals surface area contributed by atoms with Gasteiger partial charge in [0, 0.05) is 45.7 Å². The molecule has 1 amide bonds. The number of likely N-dealkylation sites (tertiary alicyclic amines) is 2. The molecule has 2 unspecified atom stereocenters. The zero-order valence-electron chi connectivity index (χ0n) is 16.4. The molecule has 2 atom stereocenters. The van der Waals surface area contributed by atoms with E-state index in [0.29, 0.717) is 18.4 Å². The second kappa shape index (κ2) is 9.74. The van der Waals surface area contributed by atoms with Crippen molar-refractivity contribution in [1.29, 1.82) is 0 Å². The SMILES string of the molecule is CN=C(NCC1CCCN1Cc1ccccc1)N1CCCC(CC(N)=O)C1. The van der Waals surface area contributed by atoms with Gasteiger partial charge in [0.25, 0.3) is 0 Å². The quantitative estimate of drug-likeness (QED) is 0.591. The Bertz CT molecular complexity index is 633. The summed E-state index contributed by atoms with van der Waals surface area (Å²) in [6.07, 6.45) is 5.11. The Morgan fingerprint density at radius 1 is 1.22 bits per heavy atom. The maximum absolute atomic E-state index is 11.3. The highest BCUT2D eigenvalue weighted by Gasteiger charge is 2.27. The van der Waals surface area contributed by atoms with Crippen LogP contribution in [0.25, 0.3) is 0 Å². The minimum atomic E-state index is -0.202. The summed E-state index contributed by atoms with van der Waals surface area (Å²) in [4.78, 5) is 20.6. The van der Waals surface area contributed by atoms with Gasteiger partial charge in [-0.05, 0) is 43.7 Å². The van der Waals surface area contributed by atoms with Crippen LogP contribution in [-0.4, -0.2) is 60.9 Å². The van der Waals surface area contributed by atoms with Crippen LogP contribution >= 0.6 is 0 Å². The van der Waals surface area contributed by atoms with E-state index in [-0.39, 0.29) is 5.91 Å². The summed E-state index contributed by atoms with van der Waals surface area (Å²) < 4.78 is 0. The van der Waals surface area contributed by atoms with Crippen LogP contribution in [0.1, 0.15) is 37.7 Å². The molecule has 148 valence electrons. The molecule has 3 N–H and O–H groups in total. The molecule has 1 aromatic carbocycles. The Morgan fingerprint density at radius 2 is 2.00 bits per heavy atom. The molecule has 2 aliphatic rings. The van der Waals surface area contributed by atoms with Gasteiger partial charge >= 0.3 is 0 Å². The molecule has 6 nitrogen and oxygen atoms in total. The third kappa shape index (κ3) is 5.70.